The normalized spacial score (nSPS) is 12.2. The van der Waals surface area contributed by atoms with Crippen molar-refractivity contribution in [3.05, 3.63) is 78.4 Å². The molecule has 2 heteroatoms. The monoisotopic (exact) mass is 305 g/mol. The lowest BCUT2D eigenvalue weighted by Crippen LogP contribution is -2.14. The van der Waals surface area contributed by atoms with Gasteiger partial charge in [0.2, 0.25) is 0 Å². The van der Waals surface area contributed by atoms with Crippen LogP contribution in [0.1, 0.15) is 24.3 Å². The van der Waals surface area contributed by atoms with Crippen molar-refractivity contribution in [1.29, 1.82) is 0 Å². The molecular formula is C21H23NO. The van der Waals surface area contributed by atoms with Gasteiger partial charge in [0, 0.05) is 0 Å². The molecule has 1 atom stereocenters. The minimum atomic E-state index is 0.375. The molecule has 0 spiro atoms. The molecule has 23 heavy (non-hydrogen) atoms. The summed E-state index contributed by atoms with van der Waals surface area (Å²) in [6.45, 7) is 1.39. The van der Waals surface area contributed by atoms with E-state index in [0.717, 1.165) is 25.2 Å². The van der Waals surface area contributed by atoms with Crippen LogP contribution in [-0.4, -0.2) is 13.2 Å². The number of benzene rings is 3. The molecule has 0 aliphatic carbocycles. The number of para-hydroxylation sites is 1. The smallest absolute Gasteiger partial charge is 0.119 e. The van der Waals surface area contributed by atoms with Crippen LogP contribution in [0.3, 0.4) is 0 Å². The van der Waals surface area contributed by atoms with Gasteiger partial charge in [-0.1, -0.05) is 60.7 Å². The minimum absolute atomic E-state index is 0.375. The largest absolute Gasteiger partial charge is 0.494 e. The van der Waals surface area contributed by atoms with E-state index in [1.807, 2.05) is 30.3 Å². The molecule has 2 nitrogen and oxygen atoms in total. The van der Waals surface area contributed by atoms with Crippen molar-refractivity contribution in [3.8, 4) is 5.75 Å². The second kappa shape index (κ2) is 7.80. The summed E-state index contributed by atoms with van der Waals surface area (Å²) in [6, 6.07) is 25.0. The molecule has 0 bridgehead atoms. The molecule has 0 aliphatic rings. The quantitative estimate of drug-likeness (QED) is 0.640. The lowest BCUT2D eigenvalue weighted by molar-refractivity contribution is 0.302. The number of nitrogens with two attached hydrogens (primary N) is 1. The van der Waals surface area contributed by atoms with E-state index in [9.17, 15) is 0 Å². The number of hydrogen-bond donors (Lipinski definition) is 1. The second-order valence-corrected chi connectivity index (χ2v) is 5.80. The summed E-state index contributed by atoms with van der Waals surface area (Å²) in [7, 11) is 0. The summed E-state index contributed by atoms with van der Waals surface area (Å²) < 4.78 is 5.78. The van der Waals surface area contributed by atoms with Crippen molar-refractivity contribution < 1.29 is 4.74 Å². The van der Waals surface area contributed by atoms with E-state index in [-0.39, 0.29) is 0 Å². The van der Waals surface area contributed by atoms with E-state index >= 15 is 0 Å². The first-order valence-electron chi connectivity index (χ1n) is 8.24. The van der Waals surface area contributed by atoms with E-state index < -0.39 is 0 Å². The van der Waals surface area contributed by atoms with Gasteiger partial charge in [-0.15, -0.1) is 0 Å². The van der Waals surface area contributed by atoms with Gasteiger partial charge in [-0.3, -0.25) is 0 Å². The lowest BCUT2D eigenvalue weighted by Gasteiger charge is -2.17. The van der Waals surface area contributed by atoms with Crippen LogP contribution in [0.2, 0.25) is 0 Å². The molecule has 0 saturated carbocycles. The van der Waals surface area contributed by atoms with Crippen molar-refractivity contribution >= 4 is 10.8 Å². The molecule has 3 aromatic carbocycles. The molecule has 0 saturated heterocycles. The highest BCUT2D eigenvalue weighted by Crippen LogP contribution is 2.28. The predicted octanol–water partition coefficient (Wildman–Crippen LogP) is 4.74. The fourth-order valence-electron chi connectivity index (χ4n) is 3.04. The third-order valence-electron chi connectivity index (χ3n) is 4.26. The van der Waals surface area contributed by atoms with Gasteiger partial charge in [-0.2, -0.15) is 0 Å². The Morgan fingerprint density at radius 1 is 0.826 bits per heavy atom. The first-order valence-corrected chi connectivity index (χ1v) is 8.24. The van der Waals surface area contributed by atoms with Crippen LogP contribution in [0.4, 0.5) is 0 Å². The molecule has 0 amide bonds. The fraction of sp³-hybridized carbons (Fsp3) is 0.238. The summed E-state index contributed by atoms with van der Waals surface area (Å²) >= 11 is 0. The van der Waals surface area contributed by atoms with Crippen LogP contribution in [-0.2, 0) is 0 Å². The van der Waals surface area contributed by atoms with Crippen molar-refractivity contribution in [1.82, 2.24) is 0 Å². The Balaban J connectivity index is 1.63. The third-order valence-corrected chi connectivity index (χ3v) is 4.26. The van der Waals surface area contributed by atoms with Gasteiger partial charge in [0.05, 0.1) is 6.61 Å². The number of hydrogen-bond acceptors (Lipinski definition) is 2. The van der Waals surface area contributed by atoms with Gasteiger partial charge in [0.15, 0.2) is 0 Å². The zero-order valence-corrected chi connectivity index (χ0v) is 13.3. The zero-order valence-electron chi connectivity index (χ0n) is 13.3. The molecule has 0 fully saturated rings. The first-order chi connectivity index (χ1) is 11.4. The van der Waals surface area contributed by atoms with E-state index in [1.165, 1.54) is 16.3 Å². The Labute approximate surface area is 137 Å². The Morgan fingerprint density at radius 2 is 1.57 bits per heavy atom. The minimum Gasteiger partial charge on any atom is -0.494 e. The summed E-state index contributed by atoms with van der Waals surface area (Å²) in [5, 5.41) is 2.60. The highest BCUT2D eigenvalue weighted by Gasteiger charge is 2.12. The van der Waals surface area contributed by atoms with Gasteiger partial charge < -0.3 is 10.5 Å². The van der Waals surface area contributed by atoms with E-state index in [1.54, 1.807) is 0 Å². The second-order valence-electron chi connectivity index (χ2n) is 5.80. The summed E-state index contributed by atoms with van der Waals surface area (Å²) in [5.41, 5.74) is 7.40. The maximum Gasteiger partial charge on any atom is 0.119 e. The van der Waals surface area contributed by atoms with Crippen LogP contribution in [0.15, 0.2) is 72.8 Å². The lowest BCUT2D eigenvalue weighted by atomic mass is 9.90. The Morgan fingerprint density at radius 3 is 2.39 bits per heavy atom. The molecule has 1 unspecified atom stereocenters. The summed E-state index contributed by atoms with van der Waals surface area (Å²) in [4.78, 5) is 0. The standard InChI is InChI=1S/C21H23NO/c22-16-18(10-7-15-23-19-11-2-1-3-12-19)21-14-6-9-17-8-4-5-13-20(17)21/h1-6,8-9,11-14,18H,7,10,15-16,22H2. The number of fused-ring (bicyclic) bond motifs is 1. The topological polar surface area (TPSA) is 35.2 Å². The molecule has 2 N–H and O–H groups in total. The number of rotatable bonds is 7. The molecule has 3 aromatic rings. The molecule has 3 rings (SSSR count). The Hall–Kier alpha value is -2.32. The number of ether oxygens (including phenoxy) is 1. The van der Waals surface area contributed by atoms with Crippen LogP contribution < -0.4 is 10.5 Å². The van der Waals surface area contributed by atoms with Crippen molar-refractivity contribution in [2.45, 2.75) is 18.8 Å². The molecule has 0 aromatic heterocycles. The van der Waals surface area contributed by atoms with Crippen LogP contribution in [0, 0.1) is 0 Å². The highest BCUT2D eigenvalue weighted by molar-refractivity contribution is 5.86. The van der Waals surface area contributed by atoms with Crippen LogP contribution >= 0.6 is 0 Å². The van der Waals surface area contributed by atoms with Gasteiger partial charge in [-0.25, -0.2) is 0 Å². The Kier molecular flexibility index (Phi) is 5.28. The molecule has 0 aliphatic heterocycles. The molecular weight excluding hydrogens is 282 g/mol. The maximum absolute atomic E-state index is 6.05. The van der Waals surface area contributed by atoms with Gasteiger partial charge in [0.25, 0.3) is 0 Å². The average molecular weight is 305 g/mol. The van der Waals surface area contributed by atoms with Gasteiger partial charge in [-0.05, 0) is 53.8 Å². The first kappa shape index (κ1) is 15.6. The van der Waals surface area contributed by atoms with Gasteiger partial charge in [0.1, 0.15) is 5.75 Å². The SMILES string of the molecule is NCC(CCCOc1ccccc1)c1cccc2ccccc12. The molecule has 0 radical (unpaired) electrons. The summed E-state index contributed by atoms with van der Waals surface area (Å²) in [6.07, 6.45) is 2.04. The van der Waals surface area contributed by atoms with Crippen molar-refractivity contribution in [3.63, 3.8) is 0 Å². The van der Waals surface area contributed by atoms with E-state index in [2.05, 4.69) is 42.5 Å². The Bertz CT molecular complexity index is 734. The third kappa shape index (κ3) is 3.91. The van der Waals surface area contributed by atoms with Crippen molar-refractivity contribution in [2.75, 3.05) is 13.2 Å². The molecule has 118 valence electrons. The maximum atomic E-state index is 6.05. The van der Waals surface area contributed by atoms with E-state index in [4.69, 9.17) is 10.5 Å². The van der Waals surface area contributed by atoms with E-state index in [0.29, 0.717) is 12.5 Å². The highest BCUT2D eigenvalue weighted by atomic mass is 16.5. The molecule has 0 heterocycles. The zero-order chi connectivity index (χ0) is 15.9. The van der Waals surface area contributed by atoms with Crippen molar-refractivity contribution in [2.24, 2.45) is 5.73 Å². The average Bonchev–Trinajstić information content (AvgIpc) is 2.62. The predicted molar refractivity (Wildman–Crippen MR) is 96.9 cm³/mol. The van der Waals surface area contributed by atoms with Crippen LogP contribution in [0.25, 0.3) is 10.8 Å². The van der Waals surface area contributed by atoms with Gasteiger partial charge >= 0.3 is 0 Å². The fourth-order valence-corrected chi connectivity index (χ4v) is 3.04. The van der Waals surface area contributed by atoms with Crippen LogP contribution in [0.5, 0.6) is 5.75 Å². The summed E-state index contributed by atoms with van der Waals surface area (Å²) in [5.74, 6) is 1.31.